The second kappa shape index (κ2) is 9.91. The van der Waals surface area contributed by atoms with Crippen molar-refractivity contribution in [2.24, 2.45) is 15.1 Å². The molecule has 2 aromatic carbocycles. The van der Waals surface area contributed by atoms with E-state index in [-0.39, 0.29) is 6.17 Å². The summed E-state index contributed by atoms with van der Waals surface area (Å²) in [7, 11) is -1.75. The van der Waals surface area contributed by atoms with E-state index in [0.29, 0.717) is 29.0 Å². The number of aryl methyl sites for hydroxylation is 1. The fraction of sp³-hybridized carbons (Fsp3) is 0.286. The molecular formula is C21H26ClN5OS. The van der Waals surface area contributed by atoms with Gasteiger partial charge >= 0.3 is 0 Å². The van der Waals surface area contributed by atoms with Crippen molar-refractivity contribution in [3.05, 3.63) is 70.3 Å². The van der Waals surface area contributed by atoms with Crippen LogP contribution in [-0.4, -0.2) is 29.4 Å². The van der Waals surface area contributed by atoms with Gasteiger partial charge in [0, 0.05) is 22.0 Å². The number of nitrogens with two attached hydrogens (primary N) is 1. The lowest BCUT2D eigenvalue weighted by atomic mass is 10.00. The summed E-state index contributed by atoms with van der Waals surface area (Å²) in [5.74, 6) is 0.386. The van der Waals surface area contributed by atoms with Crippen LogP contribution in [0.25, 0.3) is 5.70 Å². The maximum Gasteiger partial charge on any atom is 0.195 e. The quantitative estimate of drug-likeness (QED) is 0.400. The molecule has 6 nitrogen and oxygen atoms in total. The summed E-state index contributed by atoms with van der Waals surface area (Å²) in [4.78, 5) is 5.14. The maximum atomic E-state index is 12.2. The third kappa shape index (κ3) is 5.82. The third-order valence-corrected chi connectivity index (χ3v) is 6.17. The first-order chi connectivity index (χ1) is 13.9. The van der Waals surface area contributed by atoms with Gasteiger partial charge in [0.05, 0.1) is 16.3 Å². The predicted molar refractivity (Wildman–Crippen MR) is 122 cm³/mol. The molecule has 154 valence electrons. The highest BCUT2D eigenvalue weighted by Crippen LogP contribution is 2.24. The minimum Gasteiger partial charge on any atom is -0.370 e. The first-order valence-electron chi connectivity index (χ1n) is 9.47. The van der Waals surface area contributed by atoms with Crippen molar-refractivity contribution in [3.63, 3.8) is 0 Å². The molecule has 2 atom stereocenters. The molecule has 4 N–H and O–H groups in total. The van der Waals surface area contributed by atoms with Gasteiger partial charge in [0.1, 0.15) is 6.17 Å². The third-order valence-electron chi connectivity index (χ3n) is 4.72. The molecule has 0 saturated heterocycles. The summed E-state index contributed by atoms with van der Waals surface area (Å²) in [6, 6.07) is 13.1. The smallest absolute Gasteiger partial charge is 0.195 e. The Morgan fingerprint density at radius 2 is 2.00 bits per heavy atom. The number of aliphatic imine (C=N–C) groups is 1. The Hall–Kier alpha value is -2.35. The average molecular weight is 432 g/mol. The zero-order valence-corrected chi connectivity index (χ0v) is 18.2. The van der Waals surface area contributed by atoms with Crippen LogP contribution in [0.1, 0.15) is 23.1 Å². The van der Waals surface area contributed by atoms with Gasteiger partial charge in [-0.3, -0.25) is 5.32 Å². The van der Waals surface area contributed by atoms with Crippen LogP contribution in [0.15, 0.2) is 62.8 Å². The summed E-state index contributed by atoms with van der Waals surface area (Å²) < 4.78 is 16.4. The second-order valence-electron chi connectivity index (χ2n) is 6.84. The first kappa shape index (κ1) is 21.4. The summed E-state index contributed by atoms with van der Waals surface area (Å²) in [5, 5.41) is 7.13. The lowest BCUT2D eigenvalue weighted by molar-refractivity contribution is 0.550. The summed E-state index contributed by atoms with van der Waals surface area (Å²) in [6.45, 7) is 5.39. The second-order valence-corrected chi connectivity index (χ2v) is 8.62. The molecule has 29 heavy (non-hydrogen) atoms. The van der Waals surface area contributed by atoms with Crippen LogP contribution in [0.4, 0.5) is 0 Å². The van der Waals surface area contributed by atoms with E-state index in [4.69, 9.17) is 17.3 Å². The van der Waals surface area contributed by atoms with E-state index in [1.165, 1.54) is 11.1 Å². The molecule has 0 fully saturated rings. The van der Waals surface area contributed by atoms with Gasteiger partial charge in [-0.15, -0.1) is 0 Å². The number of nitrogens with zero attached hydrogens (tertiary/aromatic N) is 2. The Morgan fingerprint density at radius 3 is 2.76 bits per heavy atom. The van der Waals surface area contributed by atoms with E-state index >= 15 is 0 Å². The van der Waals surface area contributed by atoms with Crippen molar-refractivity contribution in [3.8, 4) is 0 Å². The molecule has 0 amide bonds. The van der Waals surface area contributed by atoms with Crippen LogP contribution in [0.3, 0.4) is 0 Å². The highest BCUT2D eigenvalue weighted by Gasteiger charge is 2.16. The fourth-order valence-corrected chi connectivity index (χ4v) is 4.01. The lowest BCUT2D eigenvalue weighted by Gasteiger charge is -2.23. The van der Waals surface area contributed by atoms with Crippen LogP contribution in [0, 0.1) is 13.8 Å². The van der Waals surface area contributed by atoms with Crippen molar-refractivity contribution in [2.75, 3.05) is 13.1 Å². The Labute approximate surface area is 178 Å². The molecule has 1 aliphatic rings. The minimum atomic E-state index is -1.75. The molecule has 1 heterocycles. The van der Waals surface area contributed by atoms with Crippen LogP contribution in [-0.2, 0) is 10.6 Å². The van der Waals surface area contributed by atoms with Crippen molar-refractivity contribution < 1.29 is 4.21 Å². The van der Waals surface area contributed by atoms with E-state index < -0.39 is 10.6 Å². The molecule has 2 aromatic rings. The van der Waals surface area contributed by atoms with Gasteiger partial charge in [0.2, 0.25) is 0 Å². The molecule has 0 spiro atoms. The van der Waals surface area contributed by atoms with Gasteiger partial charge in [-0.1, -0.05) is 29.8 Å². The van der Waals surface area contributed by atoms with Crippen LogP contribution in [0.5, 0.6) is 0 Å². The summed E-state index contributed by atoms with van der Waals surface area (Å²) in [6.07, 6.45) is 2.67. The number of nitrogens with one attached hydrogen (secondary N) is 2. The van der Waals surface area contributed by atoms with Gasteiger partial charge < -0.3 is 11.1 Å². The standard InChI is InChI=1S/C21H26ClN5OS/c1-14-5-3-6-18(15(14)2)19-13-20(27-21(23)26-19)24-11-4-12-25-29(28)17-9-7-16(22)8-10-17/h3,5-10,13,20,24,29H,4,11-12H2,1-2H3,(H3,23,26,27). The van der Waals surface area contributed by atoms with Gasteiger partial charge in [-0.05, 0) is 68.3 Å². The van der Waals surface area contributed by atoms with Gasteiger partial charge in [0.25, 0.3) is 0 Å². The molecule has 8 heteroatoms. The van der Waals surface area contributed by atoms with E-state index in [2.05, 4.69) is 46.0 Å². The van der Waals surface area contributed by atoms with E-state index in [1.807, 2.05) is 12.1 Å². The first-order valence-corrected chi connectivity index (χ1v) is 11.1. The minimum absolute atomic E-state index is 0.118. The average Bonchev–Trinajstić information content (AvgIpc) is 2.69. The number of benzene rings is 2. The van der Waals surface area contributed by atoms with Crippen LogP contribution in [0.2, 0.25) is 5.02 Å². The van der Waals surface area contributed by atoms with Gasteiger partial charge in [0.15, 0.2) is 5.96 Å². The molecule has 0 bridgehead atoms. The summed E-state index contributed by atoms with van der Waals surface area (Å²) in [5.41, 5.74) is 10.3. The van der Waals surface area contributed by atoms with Crippen LogP contribution < -0.4 is 16.4 Å². The van der Waals surface area contributed by atoms with Crippen molar-refractivity contribution >= 4 is 33.9 Å². The molecule has 3 rings (SSSR count). The SMILES string of the molecule is Cc1cccc(C2=CC(NCCC/N=[SH](=O)\c3ccc(Cl)cc3)NC(N)=N2)c1C. The number of rotatable bonds is 7. The zero-order chi connectivity index (χ0) is 20.8. The Kier molecular flexibility index (Phi) is 7.30. The van der Waals surface area contributed by atoms with E-state index in [0.717, 1.165) is 17.7 Å². The highest BCUT2D eigenvalue weighted by molar-refractivity contribution is 7.75. The van der Waals surface area contributed by atoms with Crippen molar-refractivity contribution in [1.29, 1.82) is 0 Å². The Bertz CT molecular complexity index is 1010. The van der Waals surface area contributed by atoms with E-state index in [9.17, 15) is 4.21 Å². The monoisotopic (exact) mass is 431 g/mol. The maximum absolute atomic E-state index is 12.2. The molecule has 0 radical (unpaired) electrons. The number of thiol groups is 1. The molecule has 1 aliphatic heterocycles. The fourth-order valence-electron chi connectivity index (χ4n) is 3.00. The zero-order valence-electron chi connectivity index (χ0n) is 16.5. The highest BCUT2D eigenvalue weighted by atomic mass is 35.5. The summed E-state index contributed by atoms with van der Waals surface area (Å²) >= 11 is 5.85. The largest absolute Gasteiger partial charge is 0.370 e. The van der Waals surface area contributed by atoms with E-state index in [1.54, 1.807) is 24.3 Å². The number of hydrogen-bond donors (Lipinski definition) is 4. The molecule has 0 aromatic heterocycles. The van der Waals surface area contributed by atoms with Crippen LogP contribution >= 0.6 is 11.6 Å². The number of guanidine groups is 1. The Morgan fingerprint density at radius 1 is 1.24 bits per heavy atom. The van der Waals surface area contributed by atoms with Crippen molar-refractivity contribution in [1.82, 2.24) is 10.6 Å². The van der Waals surface area contributed by atoms with Gasteiger partial charge in [-0.2, -0.15) is 0 Å². The van der Waals surface area contributed by atoms with Gasteiger partial charge in [-0.25, -0.2) is 13.6 Å². The predicted octanol–water partition coefficient (Wildman–Crippen LogP) is 3.25. The number of hydrogen-bond acceptors (Lipinski definition) is 6. The molecular weight excluding hydrogens is 406 g/mol. The molecule has 2 unspecified atom stereocenters. The number of halogens is 1. The Balaban J connectivity index is 1.55. The lowest BCUT2D eigenvalue weighted by Crippen LogP contribution is -2.49. The normalized spacial score (nSPS) is 17.4. The molecule has 0 saturated carbocycles. The van der Waals surface area contributed by atoms with Crippen molar-refractivity contribution in [2.45, 2.75) is 31.3 Å². The molecule has 0 aliphatic carbocycles. The topological polar surface area (TPSA) is 91.9 Å².